The highest BCUT2D eigenvalue weighted by Gasteiger charge is 2.12. The van der Waals surface area contributed by atoms with Crippen molar-refractivity contribution in [3.63, 3.8) is 0 Å². The third-order valence-electron chi connectivity index (χ3n) is 4.57. The van der Waals surface area contributed by atoms with Gasteiger partial charge in [-0.3, -0.25) is 0 Å². The zero-order valence-electron chi connectivity index (χ0n) is 15.8. The van der Waals surface area contributed by atoms with Crippen molar-refractivity contribution >= 4 is 43.5 Å². The second-order valence-electron chi connectivity index (χ2n) is 6.38. The van der Waals surface area contributed by atoms with Crippen LogP contribution in [0.15, 0.2) is 65.1 Å². The molecular weight excluding hydrogens is 386 g/mol. The van der Waals surface area contributed by atoms with E-state index < -0.39 is 0 Å². The van der Waals surface area contributed by atoms with Crippen LogP contribution in [0.5, 0.6) is 11.5 Å². The van der Waals surface area contributed by atoms with Gasteiger partial charge in [0.15, 0.2) is 10.7 Å². The van der Waals surface area contributed by atoms with Crippen LogP contribution in [-0.4, -0.2) is 24.2 Å². The Bertz CT molecular complexity index is 1280. The number of thiazole rings is 1. The molecule has 0 amide bonds. The molecule has 0 atom stereocenters. The van der Waals surface area contributed by atoms with Crippen molar-refractivity contribution in [2.24, 2.45) is 0 Å². The van der Waals surface area contributed by atoms with Crippen LogP contribution in [0.3, 0.4) is 0 Å². The van der Waals surface area contributed by atoms with Gasteiger partial charge in [0, 0.05) is 17.3 Å². The van der Waals surface area contributed by atoms with E-state index in [0.717, 1.165) is 43.4 Å². The zero-order chi connectivity index (χ0) is 19.8. The van der Waals surface area contributed by atoms with Gasteiger partial charge in [-0.15, -0.1) is 0 Å². The van der Waals surface area contributed by atoms with Gasteiger partial charge in [0.1, 0.15) is 22.5 Å². The van der Waals surface area contributed by atoms with Gasteiger partial charge < -0.3 is 19.2 Å². The Morgan fingerprint density at radius 1 is 0.931 bits per heavy atom. The fourth-order valence-corrected chi connectivity index (χ4v) is 4.05. The minimum absolute atomic E-state index is 0.606. The first-order valence-corrected chi connectivity index (χ1v) is 9.81. The summed E-state index contributed by atoms with van der Waals surface area (Å²) >= 11 is 1.54. The Kier molecular flexibility index (Phi) is 4.29. The van der Waals surface area contributed by atoms with E-state index >= 15 is 0 Å². The third kappa shape index (κ3) is 3.25. The molecule has 0 spiro atoms. The number of ether oxygens (including phenoxy) is 2. The Morgan fingerprint density at radius 2 is 1.76 bits per heavy atom. The molecule has 7 heteroatoms. The van der Waals surface area contributed by atoms with Crippen LogP contribution in [0, 0.1) is 0 Å². The van der Waals surface area contributed by atoms with E-state index in [1.165, 1.54) is 0 Å². The lowest BCUT2D eigenvalue weighted by Crippen LogP contribution is -1.90. The highest BCUT2D eigenvalue weighted by atomic mass is 32.1. The van der Waals surface area contributed by atoms with E-state index in [1.54, 1.807) is 25.6 Å². The second kappa shape index (κ2) is 7.10. The van der Waals surface area contributed by atoms with Crippen molar-refractivity contribution in [2.45, 2.75) is 0 Å². The predicted molar refractivity (Wildman–Crippen MR) is 115 cm³/mol. The summed E-state index contributed by atoms with van der Waals surface area (Å²) in [5.41, 5.74) is 4.29. The fourth-order valence-electron chi connectivity index (χ4n) is 3.12. The van der Waals surface area contributed by atoms with Crippen molar-refractivity contribution in [3.05, 3.63) is 60.7 Å². The highest BCUT2D eigenvalue weighted by molar-refractivity contribution is 7.22. The average Bonchev–Trinajstić information content (AvgIpc) is 3.37. The van der Waals surface area contributed by atoms with Crippen LogP contribution in [0.1, 0.15) is 0 Å². The Labute approximate surface area is 170 Å². The van der Waals surface area contributed by atoms with Gasteiger partial charge in [-0.05, 0) is 42.5 Å². The largest absolute Gasteiger partial charge is 0.497 e. The smallest absolute Gasteiger partial charge is 0.227 e. The Hall–Kier alpha value is -3.58. The molecule has 2 aromatic heterocycles. The van der Waals surface area contributed by atoms with Gasteiger partial charge in [0.05, 0.1) is 18.9 Å². The van der Waals surface area contributed by atoms with Crippen molar-refractivity contribution in [1.29, 1.82) is 0 Å². The van der Waals surface area contributed by atoms with Gasteiger partial charge in [0.2, 0.25) is 5.89 Å². The molecule has 0 saturated heterocycles. The molecule has 0 radical (unpaired) electrons. The van der Waals surface area contributed by atoms with E-state index in [2.05, 4.69) is 15.3 Å². The van der Waals surface area contributed by atoms with Crippen molar-refractivity contribution in [1.82, 2.24) is 9.97 Å². The van der Waals surface area contributed by atoms with Gasteiger partial charge >= 0.3 is 0 Å². The van der Waals surface area contributed by atoms with E-state index in [9.17, 15) is 0 Å². The first-order chi connectivity index (χ1) is 14.2. The normalized spacial score (nSPS) is 11.1. The monoisotopic (exact) mass is 403 g/mol. The van der Waals surface area contributed by atoms with E-state index in [4.69, 9.17) is 13.9 Å². The van der Waals surface area contributed by atoms with Gasteiger partial charge in [0.25, 0.3) is 0 Å². The number of aromatic nitrogens is 2. The minimum Gasteiger partial charge on any atom is -0.497 e. The van der Waals surface area contributed by atoms with Crippen LogP contribution < -0.4 is 14.8 Å². The number of benzene rings is 3. The molecule has 144 valence electrons. The van der Waals surface area contributed by atoms with E-state index in [1.807, 2.05) is 60.7 Å². The van der Waals surface area contributed by atoms with Gasteiger partial charge in [-0.25, -0.2) is 9.97 Å². The maximum absolute atomic E-state index is 5.83. The number of rotatable bonds is 5. The number of hydrogen-bond acceptors (Lipinski definition) is 7. The molecule has 0 fully saturated rings. The molecule has 0 bridgehead atoms. The molecule has 29 heavy (non-hydrogen) atoms. The van der Waals surface area contributed by atoms with Crippen molar-refractivity contribution in [3.8, 4) is 23.0 Å². The topological polar surface area (TPSA) is 69.4 Å². The summed E-state index contributed by atoms with van der Waals surface area (Å²) in [7, 11) is 3.27. The number of hydrogen-bond donors (Lipinski definition) is 1. The van der Waals surface area contributed by atoms with Crippen molar-refractivity contribution in [2.75, 3.05) is 19.5 Å². The standard InChI is InChI=1S/C22H17N3O3S/c1-26-15-11-18(27-2)20-19(12-15)29-22(25-20)23-14-9-7-13(8-10-14)21-24-16-5-3-4-6-17(16)28-21/h3-12H,1-2H3,(H,23,25). The van der Waals surface area contributed by atoms with Gasteiger partial charge in [-0.1, -0.05) is 23.5 Å². The summed E-state index contributed by atoms with van der Waals surface area (Å²) in [4.78, 5) is 9.20. The molecular formula is C22H17N3O3S. The third-order valence-corrected chi connectivity index (χ3v) is 5.48. The van der Waals surface area contributed by atoms with Crippen LogP contribution >= 0.6 is 11.3 Å². The first kappa shape index (κ1) is 17.5. The number of para-hydroxylation sites is 2. The lowest BCUT2D eigenvalue weighted by Gasteiger charge is -2.04. The number of fused-ring (bicyclic) bond motifs is 2. The number of nitrogens with zero attached hydrogens (tertiary/aromatic N) is 2. The number of methoxy groups -OCH3 is 2. The molecule has 0 aliphatic rings. The van der Waals surface area contributed by atoms with Crippen LogP contribution in [0.2, 0.25) is 0 Å². The number of anilines is 2. The minimum atomic E-state index is 0.606. The molecule has 0 aliphatic carbocycles. The Morgan fingerprint density at radius 3 is 2.52 bits per heavy atom. The molecule has 0 unspecified atom stereocenters. The van der Waals surface area contributed by atoms with E-state index in [-0.39, 0.29) is 0 Å². The quantitative estimate of drug-likeness (QED) is 0.396. The molecule has 0 aliphatic heterocycles. The second-order valence-corrected chi connectivity index (χ2v) is 7.42. The lowest BCUT2D eigenvalue weighted by molar-refractivity contribution is 0.397. The summed E-state index contributed by atoms with van der Waals surface area (Å²) in [6.07, 6.45) is 0. The summed E-state index contributed by atoms with van der Waals surface area (Å²) in [6.45, 7) is 0. The lowest BCUT2D eigenvalue weighted by atomic mass is 10.2. The average molecular weight is 403 g/mol. The Balaban J connectivity index is 1.42. The van der Waals surface area contributed by atoms with E-state index in [0.29, 0.717) is 11.6 Å². The molecule has 1 N–H and O–H groups in total. The van der Waals surface area contributed by atoms with Crippen LogP contribution in [0.25, 0.3) is 32.8 Å². The fraction of sp³-hybridized carbons (Fsp3) is 0.0909. The summed E-state index contributed by atoms with van der Waals surface area (Å²) in [5.74, 6) is 2.04. The van der Waals surface area contributed by atoms with Crippen LogP contribution in [0.4, 0.5) is 10.8 Å². The maximum Gasteiger partial charge on any atom is 0.227 e. The van der Waals surface area contributed by atoms with Crippen LogP contribution in [-0.2, 0) is 0 Å². The highest BCUT2D eigenvalue weighted by Crippen LogP contribution is 2.37. The van der Waals surface area contributed by atoms with Gasteiger partial charge in [-0.2, -0.15) is 0 Å². The first-order valence-electron chi connectivity index (χ1n) is 8.99. The molecule has 0 saturated carbocycles. The molecule has 2 heterocycles. The zero-order valence-corrected chi connectivity index (χ0v) is 16.6. The van der Waals surface area contributed by atoms with Crippen molar-refractivity contribution < 1.29 is 13.9 Å². The summed E-state index contributed by atoms with van der Waals surface area (Å²) in [5, 5.41) is 4.13. The number of oxazole rings is 1. The summed E-state index contributed by atoms with van der Waals surface area (Å²) in [6, 6.07) is 19.4. The molecule has 5 rings (SSSR count). The molecule has 3 aromatic carbocycles. The molecule has 5 aromatic rings. The maximum atomic E-state index is 5.83. The number of nitrogens with one attached hydrogen (secondary N) is 1. The summed E-state index contributed by atoms with van der Waals surface area (Å²) < 4.78 is 17.6. The SMILES string of the molecule is COc1cc(OC)c2nc(Nc3ccc(-c4nc5ccccc5o4)cc3)sc2c1. The molecule has 6 nitrogen and oxygen atoms in total. The predicted octanol–water partition coefficient (Wildman–Crippen LogP) is 5.87.